The minimum Gasteiger partial charge on any atom is -0.492 e. The molecule has 0 atom stereocenters. The van der Waals surface area contributed by atoms with Gasteiger partial charge < -0.3 is 14.5 Å². The Labute approximate surface area is 137 Å². The number of rotatable bonds is 5. The van der Waals surface area contributed by atoms with Gasteiger partial charge >= 0.3 is 0 Å². The number of hydrogen-bond donors (Lipinski definition) is 2. The van der Waals surface area contributed by atoms with Gasteiger partial charge in [-0.3, -0.25) is 0 Å². The first-order chi connectivity index (χ1) is 10.7. The zero-order valence-electron chi connectivity index (χ0n) is 13.2. The zero-order valence-corrected chi connectivity index (χ0v) is 14.0. The predicted octanol–water partition coefficient (Wildman–Crippen LogP) is 0.675. The Morgan fingerprint density at radius 3 is 2.64 bits per heavy atom. The molecule has 0 saturated carbocycles. The van der Waals surface area contributed by atoms with E-state index in [1.54, 1.807) is 9.80 Å². The number of halogens is 1. The van der Waals surface area contributed by atoms with Crippen LogP contribution in [0.25, 0.3) is 10.8 Å². The first-order valence-corrected chi connectivity index (χ1v) is 8.57. The van der Waals surface area contributed by atoms with Crippen LogP contribution in [-0.4, -0.2) is 46.4 Å². The first kappa shape index (κ1) is 15.6. The number of hydrogen-bond acceptors (Lipinski definition) is 1. The van der Waals surface area contributed by atoms with Crippen molar-refractivity contribution in [3.63, 3.8) is 0 Å². The molecule has 3 nitrogen and oxygen atoms in total. The molecule has 1 aliphatic heterocycles. The highest BCUT2D eigenvalue weighted by Gasteiger charge is 2.19. The van der Waals surface area contributed by atoms with Crippen LogP contribution < -0.4 is 14.5 Å². The van der Waals surface area contributed by atoms with Gasteiger partial charge in [-0.2, -0.15) is 0 Å². The normalized spacial score (nSPS) is 21.9. The van der Waals surface area contributed by atoms with Crippen molar-refractivity contribution in [2.75, 3.05) is 46.4 Å². The summed E-state index contributed by atoms with van der Waals surface area (Å²) in [6.07, 6.45) is 1.08. The summed E-state index contributed by atoms with van der Waals surface area (Å²) < 4.78 is 5.91. The van der Waals surface area contributed by atoms with E-state index in [4.69, 9.17) is 16.3 Å². The monoisotopic (exact) mass is 320 g/mol. The van der Waals surface area contributed by atoms with Crippen LogP contribution in [0.15, 0.2) is 36.4 Å². The highest BCUT2D eigenvalue weighted by molar-refractivity contribution is 6.37. The molecule has 22 heavy (non-hydrogen) atoms. The standard InChI is InChI=1S/C18H23ClN2O/c1-20-10-12-21(13-11-20)9-4-14-22-17-8-7-15-5-2-3-6-16(15)18(17)19/h2-3,5-8H,4,9-14H2,1H3/p+2. The Bertz CT molecular complexity index is 624. The number of likely N-dealkylation sites (N-methyl/N-ethyl adjacent to an activating group) is 1. The Balaban J connectivity index is 1.50. The van der Waals surface area contributed by atoms with Crippen molar-refractivity contribution in [2.45, 2.75) is 6.42 Å². The number of quaternary nitrogens is 2. The molecular formula is C18H25ClN2O+2. The van der Waals surface area contributed by atoms with Crippen molar-refractivity contribution in [2.24, 2.45) is 0 Å². The second-order valence-electron chi connectivity index (χ2n) is 6.26. The molecular weight excluding hydrogens is 296 g/mol. The topological polar surface area (TPSA) is 18.1 Å². The lowest BCUT2D eigenvalue weighted by Gasteiger charge is -2.27. The average molecular weight is 321 g/mol. The molecule has 1 aliphatic rings. The van der Waals surface area contributed by atoms with Crippen molar-refractivity contribution < 1.29 is 14.5 Å². The van der Waals surface area contributed by atoms with E-state index in [1.807, 2.05) is 24.3 Å². The van der Waals surface area contributed by atoms with E-state index in [1.165, 1.54) is 32.7 Å². The van der Waals surface area contributed by atoms with Crippen molar-refractivity contribution in [3.8, 4) is 5.75 Å². The largest absolute Gasteiger partial charge is 0.492 e. The number of piperazine rings is 1. The smallest absolute Gasteiger partial charge is 0.138 e. The van der Waals surface area contributed by atoms with Gasteiger partial charge in [-0.15, -0.1) is 0 Å². The van der Waals surface area contributed by atoms with Crippen LogP contribution in [0.3, 0.4) is 0 Å². The van der Waals surface area contributed by atoms with Crippen LogP contribution >= 0.6 is 11.6 Å². The van der Waals surface area contributed by atoms with Gasteiger partial charge in [0.05, 0.1) is 25.2 Å². The molecule has 0 aliphatic carbocycles. The number of ether oxygens (including phenoxy) is 1. The molecule has 0 unspecified atom stereocenters. The minimum absolute atomic E-state index is 0.730. The summed E-state index contributed by atoms with van der Waals surface area (Å²) in [4.78, 5) is 3.36. The summed E-state index contributed by atoms with van der Waals surface area (Å²) in [6.45, 7) is 7.06. The van der Waals surface area contributed by atoms with Crippen molar-refractivity contribution >= 4 is 22.4 Å². The van der Waals surface area contributed by atoms with Crippen LogP contribution in [0, 0.1) is 0 Å². The van der Waals surface area contributed by atoms with Gasteiger partial charge in [-0.25, -0.2) is 0 Å². The van der Waals surface area contributed by atoms with E-state index in [-0.39, 0.29) is 0 Å². The fraction of sp³-hybridized carbons (Fsp3) is 0.444. The molecule has 118 valence electrons. The number of nitrogens with one attached hydrogen (secondary N) is 2. The molecule has 2 aromatic carbocycles. The molecule has 1 saturated heterocycles. The van der Waals surface area contributed by atoms with Crippen molar-refractivity contribution in [1.82, 2.24) is 0 Å². The first-order valence-electron chi connectivity index (χ1n) is 8.19. The minimum atomic E-state index is 0.730. The Morgan fingerprint density at radius 2 is 1.82 bits per heavy atom. The average Bonchev–Trinajstić information content (AvgIpc) is 2.55. The SMILES string of the molecule is C[NH+]1CC[NH+](CCCOc2ccc3ccccc3c2Cl)CC1. The van der Waals surface area contributed by atoms with Gasteiger partial charge in [0.1, 0.15) is 31.9 Å². The molecule has 0 spiro atoms. The van der Waals surface area contributed by atoms with E-state index >= 15 is 0 Å². The lowest BCUT2D eigenvalue weighted by Crippen LogP contribution is -3.27. The maximum atomic E-state index is 6.45. The fourth-order valence-corrected chi connectivity index (χ4v) is 3.40. The molecule has 2 aromatic rings. The van der Waals surface area contributed by atoms with Gasteiger partial charge in [-0.05, 0) is 11.5 Å². The summed E-state index contributed by atoms with van der Waals surface area (Å²) >= 11 is 6.45. The third-order valence-corrected chi connectivity index (χ3v) is 4.96. The molecule has 0 bridgehead atoms. The van der Waals surface area contributed by atoms with E-state index in [2.05, 4.69) is 19.2 Å². The number of benzene rings is 2. The van der Waals surface area contributed by atoms with Gasteiger partial charge in [0, 0.05) is 11.8 Å². The maximum Gasteiger partial charge on any atom is 0.138 e. The summed E-state index contributed by atoms with van der Waals surface area (Å²) in [7, 11) is 2.28. The second-order valence-corrected chi connectivity index (χ2v) is 6.64. The van der Waals surface area contributed by atoms with E-state index in [0.29, 0.717) is 0 Å². The van der Waals surface area contributed by atoms with Crippen LogP contribution in [-0.2, 0) is 0 Å². The third-order valence-electron chi connectivity index (χ3n) is 4.57. The highest BCUT2D eigenvalue weighted by Crippen LogP contribution is 2.32. The maximum absolute atomic E-state index is 6.45. The molecule has 3 rings (SSSR count). The predicted molar refractivity (Wildman–Crippen MR) is 91.3 cm³/mol. The quantitative estimate of drug-likeness (QED) is 0.775. The molecule has 0 amide bonds. The van der Waals surface area contributed by atoms with Gasteiger partial charge in [0.25, 0.3) is 0 Å². The van der Waals surface area contributed by atoms with E-state index in [9.17, 15) is 0 Å². The van der Waals surface area contributed by atoms with Gasteiger partial charge in [0.15, 0.2) is 0 Å². The highest BCUT2D eigenvalue weighted by atomic mass is 35.5. The summed E-state index contributed by atoms with van der Waals surface area (Å²) in [5.41, 5.74) is 0. The molecule has 4 heteroatoms. The van der Waals surface area contributed by atoms with Crippen molar-refractivity contribution in [3.05, 3.63) is 41.4 Å². The Kier molecular flexibility index (Phi) is 5.19. The zero-order chi connectivity index (χ0) is 15.4. The second kappa shape index (κ2) is 7.32. The summed E-state index contributed by atoms with van der Waals surface area (Å²) in [5, 5.41) is 2.95. The molecule has 1 fully saturated rings. The molecule has 0 aromatic heterocycles. The van der Waals surface area contributed by atoms with Gasteiger partial charge in [0.2, 0.25) is 0 Å². The van der Waals surface area contributed by atoms with Crippen LogP contribution in [0.1, 0.15) is 6.42 Å². The molecule has 0 radical (unpaired) electrons. The van der Waals surface area contributed by atoms with Gasteiger partial charge in [-0.1, -0.05) is 41.9 Å². The van der Waals surface area contributed by atoms with E-state index < -0.39 is 0 Å². The van der Waals surface area contributed by atoms with Crippen molar-refractivity contribution in [1.29, 1.82) is 0 Å². The van der Waals surface area contributed by atoms with Crippen LogP contribution in [0.2, 0.25) is 5.02 Å². The summed E-state index contributed by atoms with van der Waals surface area (Å²) in [6, 6.07) is 12.2. The number of fused-ring (bicyclic) bond motifs is 1. The molecule has 2 N–H and O–H groups in total. The Hall–Kier alpha value is -1.29. The Morgan fingerprint density at radius 1 is 1.05 bits per heavy atom. The molecule has 1 heterocycles. The fourth-order valence-electron chi connectivity index (χ4n) is 3.11. The van der Waals surface area contributed by atoms with Crippen LogP contribution in [0.5, 0.6) is 5.75 Å². The van der Waals surface area contributed by atoms with E-state index in [0.717, 1.165) is 34.6 Å². The lowest BCUT2D eigenvalue weighted by atomic mass is 10.1. The summed E-state index contributed by atoms with van der Waals surface area (Å²) in [5.74, 6) is 0.804. The lowest BCUT2D eigenvalue weighted by molar-refractivity contribution is -1.00. The van der Waals surface area contributed by atoms with Crippen LogP contribution in [0.4, 0.5) is 0 Å². The third kappa shape index (κ3) is 3.72.